The van der Waals surface area contributed by atoms with Gasteiger partial charge in [0.2, 0.25) is 0 Å². The first-order valence-electron chi connectivity index (χ1n) is 7.90. The van der Waals surface area contributed by atoms with Crippen LogP contribution >= 0.6 is 0 Å². The molecule has 1 aliphatic carbocycles. The van der Waals surface area contributed by atoms with Gasteiger partial charge in [-0.3, -0.25) is 0 Å². The normalized spacial score (nSPS) is 23.6. The predicted octanol–water partition coefficient (Wildman–Crippen LogP) is 0.662. The highest BCUT2D eigenvalue weighted by atomic mass is 32.2. The van der Waals surface area contributed by atoms with Gasteiger partial charge in [-0.15, -0.1) is 0 Å². The SMILES string of the molecule is COCC(C)N(C)S(=O)(=O)N1CCC(CNC2CC2)CC1. The van der Waals surface area contributed by atoms with Gasteiger partial charge in [-0.05, 0) is 45.1 Å². The lowest BCUT2D eigenvalue weighted by atomic mass is 9.98. The molecule has 1 saturated carbocycles. The molecule has 1 N–H and O–H groups in total. The van der Waals surface area contributed by atoms with Crippen molar-refractivity contribution in [1.82, 2.24) is 13.9 Å². The number of ether oxygens (including phenoxy) is 1. The minimum Gasteiger partial charge on any atom is -0.383 e. The van der Waals surface area contributed by atoms with E-state index < -0.39 is 10.2 Å². The van der Waals surface area contributed by atoms with Crippen molar-refractivity contribution in [2.45, 2.75) is 44.7 Å². The highest BCUT2D eigenvalue weighted by Crippen LogP contribution is 2.24. The summed E-state index contributed by atoms with van der Waals surface area (Å²) in [6.45, 7) is 4.58. The maximum atomic E-state index is 12.6. The van der Waals surface area contributed by atoms with E-state index in [1.807, 2.05) is 6.92 Å². The van der Waals surface area contributed by atoms with Gasteiger partial charge >= 0.3 is 0 Å². The maximum Gasteiger partial charge on any atom is 0.282 e. The Morgan fingerprint density at radius 2 is 1.90 bits per heavy atom. The number of rotatable bonds is 8. The fourth-order valence-corrected chi connectivity index (χ4v) is 4.27. The van der Waals surface area contributed by atoms with Crippen LogP contribution in [0.3, 0.4) is 0 Å². The lowest BCUT2D eigenvalue weighted by Gasteiger charge is -2.35. The van der Waals surface area contributed by atoms with Gasteiger partial charge in [0.05, 0.1) is 6.61 Å². The summed E-state index contributed by atoms with van der Waals surface area (Å²) < 4.78 is 33.2. The number of hydrogen-bond acceptors (Lipinski definition) is 4. The number of hydrogen-bond donors (Lipinski definition) is 1. The lowest BCUT2D eigenvalue weighted by Crippen LogP contribution is -2.50. The van der Waals surface area contributed by atoms with Gasteiger partial charge < -0.3 is 10.1 Å². The van der Waals surface area contributed by atoms with Crippen LogP contribution in [0.5, 0.6) is 0 Å². The van der Waals surface area contributed by atoms with Gasteiger partial charge in [-0.1, -0.05) is 0 Å². The molecule has 0 bridgehead atoms. The maximum absolute atomic E-state index is 12.6. The van der Waals surface area contributed by atoms with Crippen LogP contribution in [0.2, 0.25) is 0 Å². The van der Waals surface area contributed by atoms with Crippen molar-refractivity contribution < 1.29 is 13.2 Å². The molecule has 1 unspecified atom stereocenters. The molecule has 0 amide bonds. The Labute approximate surface area is 129 Å². The first-order valence-corrected chi connectivity index (χ1v) is 9.30. The van der Waals surface area contributed by atoms with Gasteiger partial charge in [0, 0.05) is 39.3 Å². The third kappa shape index (κ3) is 4.63. The van der Waals surface area contributed by atoms with E-state index in [2.05, 4.69) is 5.32 Å². The Morgan fingerprint density at radius 3 is 2.43 bits per heavy atom. The number of nitrogens with zero attached hydrogens (tertiary/aromatic N) is 2. The van der Waals surface area contributed by atoms with E-state index in [0.717, 1.165) is 25.4 Å². The minimum absolute atomic E-state index is 0.144. The summed E-state index contributed by atoms with van der Waals surface area (Å²) in [5.74, 6) is 0.610. The van der Waals surface area contributed by atoms with E-state index in [0.29, 0.717) is 25.6 Å². The van der Waals surface area contributed by atoms with Gasteiger partial charge in [-0.2, -0.15) is 17.0 Å². The fraction of sp³-hybridized carbons (Fsp3) is 1.00. The van der Waals surface area contributed by atoms with E-state index >= 15 is 0 Å². The van der Waals surface area contributed by atoms with Crippen LogP contribution in [0, 0.1) is 5.92 Å². The Hall–Kier alpha value is -0.210. The summed E-state index contributed by atoms with van der Waals surface area (Å²) in [7, 11) is -0.128. The molecule has 0 aromatic carbocycles. The highest BCUT2D eigenvalue weighted by molar-refractivity contribution is 7.86. The van der Waals surface area contributed by atoms with E-state index in [-0.39, 0.29) is 6.04 Å². The largest absolute Gasteiger partial charge is 0.383 e. The third-order valence-electron chi connectivity index (χ3n) is 4.56. The molecule has 1 atom stereocenters. The Balaban J connectivity index is 1.81. The molecule has 0 aromatic heterocycles. The molecule has 0 aromatic rings. The quantitative estimate of drug-likeness (QED) is 0.714. The molecule has 0 radical (unpaired) electrons. The Morgan fingerprint density at radius 1 is 1.29 bits per heavy atom. The Kier molecular flexibility index (Phi) is 6.02. The number of nitrogens with one attached hydrogen (secondary N) is 1. The van der Waals surface area contributed by atoms with Crippen LogP contribution in [0.15, 0.2) is 0 Å². The number of methoxy groups -OCH3 is 1. The van der Waals surface area contributed by atoms with E-state index in [1.165, 1.54) is 17.1 Å². The molecule has 1 aliphatic heterocycles. The standard InChI is InChI=1S/C14H29N3O3S/c1-12(11-20-3)16(2)21(18,19)17-8-6-13(7-9-17)10-15-14-4-5-14/h12-15H,4-11H2,1-3H3. The number of piperidine rings is 1. The van der Waals surface area contributed by atoms with Crippen molar-refractivity contribution in [3.05, 3.63) is 0 Å². The molecule has 2 aliphatic rings. The minimum atomic E-state index is -3.36. The molecule has 124 valence electrons. The van der Waals surface area contributed by atoms with Crippen molar-refractivity contribution in [3.63, 3.8) is 0 Å². The average Bonchev–Trinajstić information content (AvgIpc) is 3.29. The first kappa shape index (κ1) is 17.1. The lowest BCUT2D eigenvalue weighted by molar-refractivity contribution is 0.144. The predicted molar refractivity (Wildman–Crippen MR) is 83.3 cm³/mol. The van der Waals surface area contributed by atoms with Crippen molar-refractivity contribution >= 4 is 10.2 Å². The number of likely N-dealkylation sites (N-methyl/N-ethyl adjacent to an activating group) is 1. The van der Waals surface area contributed by atoms with Crippen LogP contribution < -0.4 is 5.32 Å². The fourth-order valence-electron chi connectivity index (χ4n) is 2.72. The molecule has 1 heterocycles. The van der Waals surface area contributed by atoms with Gasteiger partial charge in [-0.25, -0.2) is 0 Å². The molecule has 0 spiro atoms. The molecule has 2 rings (SSSR count). The Bertz CT molecular complexity index is 417. The smallest absolute Gasteiger partial charge is 0.282 e. The van der Waals surface area contributed by atoms with Crippen molar-refractivity contribution in [3.8, 4) is 0 Å². The molecule has 6 nitrogen and oxygen atoms in total. The monoisotopic (exact) mass is 319 g/mol. The first-order chi connectivity index (χ1) is 9.95. The summed E-state index contributed by atoms with van der Waals surface area (Å²) in [5.41, 5.74) is 0. The topological polar surface area (TPSA) is 61.9 Å². The molecular weight excluding hydrogens is 290 g/mol. The van der Waals surface area contributed by atoms with Gasteiger partial charge in [0.25, 0.3) is 10.2 Å². The summed E-state index contributed by atoms with van der Waals surface area (Å²) in [4.78, 5) is 0. The second-order valence-corrected chi connectivity index (χ2v) is 8.34. The molecule has 1 saturated heterocycles. The molecular formula is C14H29N3O3S. The summed E-state index contributed by atoms with van der Waals surface area (Å²) >= 11 is 0. The van der Waals surface area contributed by atoms with Gasteiger partial charge in [0.1, 0.15) is 0 Å². The third-order valence-corrected chi connectivity index (χ3v) is 6.67. The van der Waals surface area contributed by atoms with Crippen LogP contribution in [-0.2, 0) is 14.9 Å². The van der Waals surface area contributed by atoms with Gasteiger partial charge in [0.15, 0.2) is 0 Å². The van der Waals surface area contributed by atoms with Crippen LogP contribution in [0.4, 0.5) is 0 Å². The second kappa shape index (κ2) is 7.37. The highest BCUT2D eigenvalue weighted by Gasteiger charge is 2.33. The van der Waals surface area contributed by atoms with Crippen LogP contribution in [0.25, 0.3) is 0 Å². The zero-order chi connectivity index (χ0) is 15.5. The molecule has 7 heteroatoms. The van der Waals surface area contributed by atoms with Crippen LogP contribution in [0.1, 0.15) is 32.6 Å². The van der Waals surface area contributed by atoms with Crippen molar-refractivity contribution in [2.75, 3.05) is 40.4 Å². The van der Waals surface area contributed by atoms with E-state index in [4.69, 9.17) is 4.74 Å². The van der Waals surface area contributed by atoms with Crippen molar-refractivity contribution in [1.29, 1.82) is 0 Å². The molecule has 2 fully saturated rings. The summed E-state index contributed by atoms with van der Waals surface area (Å²) in [6, 6.07) is 0.585. The second-order valence-electron chi connectivity index (χ2n) is 6.35. The molecule has 21 heavy (non-hydrogen) atoms. The zero-order valence-corrected chi connectivity index (χ0v) is 14.2. The zero-order valence-electron chi connectivity index (χ0n) is 13.4. The van der Waals surface area contributed by atoms with E-state index in [1.54, 1.807) is 18.5 Å². The van der Waals surface area contributed by atoms with E-state index in [9.17, 15) is 8.42 Å². The average molecular weight is 319 g/mol. The van der Waals surface area contributed by atoms with Crippen LogP contribution in [-0.4, -0.2) is 69.5 Å². The van der Waals surface area contributed by atoms with Crippen molar-refractivity contribution in [2.24, 2.45) is 5.92 Å². The summed E-state index contributed by atoms with van der Waals surface area (Å²) in [5, 5.41) is 3.54. The summed E-state index contributed by atoms with van der Waals surface area (Å²) in [6.07, 6.45) is 4.50.